The second-order valence-corrected chi connectivity index (χ2v) is 8.27. The molecule has 1 aromatic heterocycles. The van der Waals surface area contributed by atoms with Crippen molar-refractivity contribution in [1.29, 1.82) is 0 Å². The summed E-state index contributed by atoms with van der Waals surface area (Å²) in [4.78, 5) is 7.28. The molecule has 1 aliphatic rings. The van der Waals surface area contributed by atoms with Gasteiger partial charge in [-0.1, -0.05) is 72.8 Å². The van der Waals surface area contributed by atoms with Crippen molar-refractivity contribution in [3.63, 3.8) is 0 Å². The first-order valence-electron chi connectivity index (χ1n) is 10.8. The summed E-state index contributed by atoms with van der Waals surface area (Å²) < 4.78 is 0. The summed E-state index contributed by atoms with van der Waals surface area (Å²) in [7, 11) is 4.14. The molecular formula is C29H26N2. The molecular weight excluding hydrogens is 376 g/mol. The van der Waals surface area contributed by atoms with Crippen LogP contribution in [0.25, 0.3) is 34.0 Å². The third-order valence-electron chi connectivity index (χ3n) is 5.98. The number of benzene rings is 3. The van der Waals surface area contributed by atoms with Crippen molar-refractivity contribution in [2.45, 2.75) is 12.8 Å². The zero-order chi connectivity index (χ0) is 21.2. The van der Waals surface area contributed by atoms with E-state index in [0.29, 0.717) is 0 Å². The Hall–Kier alpha value is -3.65. The van der Waals surface area contributed by atoms with Crippen LogP contribution in [0.4, 0.5) is 5.69 Å². The lowest BCUT2D eigenvalue weighted by atomic mass is 9.96. The van der Waals surface area contributed by atoms with Gasteiger partial charge in [0.2, 0.25) is 0 Å². The number of hydrogen-bond acceptors (Lipinski definition) is 2. The summed E-state index contributed by atoms with van der Waals surface area (Å²) in [6, 6.07) is 32.2. The third kappa shape index (κ3) is 3.89. The molecule has 0 bridgehead atoms. The van der Waals surface area contributed by atoms with Gasteiger partial charge in [-0.05, 0) is 64.9 Å². The lowest BCUT2D eigenvalue weighted by Gasteiger charge is -2.13. The van der Waals surface area contributed by atoms with E-state index >= 15 is 0 Å². The SMILES string of the molecule is CN(C)c1ccc(/C=C2/CCc3c(-c4ccccc4)cc(-c4ccccc4)nc32)cc1. The van der Waals surface area contributed by atoms with Gasteiger partial charge in [-0.25, -0.2) is 4.98 Å². The topological polar surface area (TPSA) is 16.1 Å². The van der Waals surface area contributed by atoms with Crippen molar-refractivity contribution < 1.29 is 0 Å². The van der Waals surface area contributed by atoms with Crippen molar-refractivity contribution in [3.8, 4) is 22.4 Å². The fraction of sp³-hybridized carbons (Fsp3) is 0.138. The summed E-state index contributed by atoms with van der Waals surface area (Å²) in [5.74, 6) is 0. The van der Waals surface area contributed by atoms with E-state index in [9.17, 15) is 0 Å². The Labute approximate surface area is 184 Å². The van der Waals surface area contributed by atoms with Gasteiger partial charge in [0.15, 0.2) is 0 Å². The van der Waals surface area contributed by atoms with Crippen LogP contribution in [0, 0.1) is 0 Å². The molecule has 0 N–H and O–H groups in total. The number of hydrogen-bond donors (Lipinski definition) is 0. The van der Waals surface area contributed by atoms with Crippen LogP contribution < -0.4 is 4.90 Å². The maximum absolute atomic E-state index is 5.16. The zero-order valence-corrected chi connectivity index (χ0v) is 18.0. The number of anilines is 1. The molecule has 2 heteroatoms. The summed E-state index contributed by atoms with van der Waals surface area (Å²) in [6.45, 7) is 0. The van der Waals surface area contributed by atoms with Gasteiger partial charge in [-0.15, -0.1) is 0 Å². The predicted molar refractivity (Wildman–Crippen MR) is 132 cm³/mol. The number of allylic oxidation sites excluding steroid dienone is 1. The number of pyridine rings is 1. The van der Waals surface area contributed by atoms with Crippen LogP contribution in [-0.2, 0) is 6.42 Å². The quantitative estimate of drug-likeness (QED) is 0.366. The van der Waals surface area contributed by atoms with E-state index in [1.165, 1.54) is 33.5 Å². The highest BCUT2D eigenvalue weighted by Gasteiger charge is 2.23. The lowest BCUT2D eigenvalue weighted by molar-refractivity contribution is 1.08. The Morgan fingerprint density at radius 3 is 2.03 bits per heavy atom. The summed E-state index contributed by atoms with van der Waals surface area (Å²) in [5, 5.41) is 0. The molecule has 0 saturated heterocycles. The molecule has 0 radical (unpaired) electrons. The molecule has 5 rings (SSSR count). The number of fused-ring (bicyclic) bond motifs is 1. The van der Waals surface area contributed by atoms with Crippen molar-refractivity contribution in [1.82, 2.24) is 4.98 Å². The van der Waals surface area contributed by atoms with Gasteiger partial charge in [0.1, 0.15) is 0 Å². The Bertz CT molecular complexity index is 1220. The number of rotatable bonds is 4. The zero-order valence-electron chi connectivity index (χ0n) is 18.0. The molecule has 0 saturated carbocycles. The molecule has 1 aliphatic carbocycles. The van der Waals surface area contributed by atoms with Crippen LogP contribution in [-0.4, -0.2) is 19.1 Å². The maximum Gasteiger partial charge on any atom is 0.0715 e. The summed E-state index contributed by atoms with van der Waals surface area (Å²) in [6.07, 6.45) is 4.36. The molecule has 1 heterocycles. The predicted octanol–water partition coefficient (Wildman–Crippen LogP) is 6.97. The minimum Gasteiger partial charge on any atom is -0.378 e. The normalized spacial score (nSPS) is 13.9. The molecule has 0 unspecified atom stereocenters. The van der Waals surface area contributed by atoms with Gasteiger partial charge in [0.25, 0.3) is 0 Å². The fourth-order valence-corrected chi connectivity index (χ4v) is 4.31. The minimum atomic E-state index is 1.02. The molecule has 0 aliphatic heterocycles. The van der Waals surface area contributed by atoms with E-state index in [0.717, 1.165) is 29.8 Å². The summed E-state index contributed by atoms with van der Waals surface area (Å²) in [5.41, 5.74) is 11.0. The lowest BCUT2D eigenvalue weighted by Crippen LogP contribution is -2.07. The first kappa shape index (κ1) is 19.3. The molecule has 3 aromatic carbocycles. The van der Waals surface area contributed by atoms with Crippen LogP contribution in [0.5, 0.6) is 0 Å². The molecule has 2 nitrogen and oxygen atoms in total. The highest BCUT2D eigenvalue weighted by Crippen LogP contribution is 2.40. The molecule has 0 spiro atoms. The molecule has 4 aromatic rings. The largest absolute Gasteiger partial charge is 0.378 e. The van der Waals surface area contributed by atoms with E-state index in [-0.39, 0.29) is 0 Å². The molecule has 0 amide bonds. The van der Waals surface area contributed by atoms with Crippen molar-refractivity contribution in [2.24, 2.45) is 0 Å². The van der Waals surface area contributed by atoms with Gasteiger partial charge in [-0.2, -0.15) is 0 Å². The molecule has 0 fully saturated rings. The standard InChI is InChI=1S/C29H26N2/c1-31(2)25-16-13-21(14-17-25)19-24-15-18-26-27(22-9-5-3-6-10-22)20-28(30-29(24)26)23-11-7-4-8-12-23/h3-14,16-17,19-20H,15,18H2,1-2H3/b24-19-. The van der Waals surface area contributed by atoms with Crippen LogP contribution in [0.15, 0.2) is 91.0 Å². The molecule has 31 heavy (non-hydrogen) atoms. The van der Waals surface area contributed by atoms with Gasteiger partial charge >= 0.3 is 0 Å². The Morgan fingerprint density at radius 1 is 0.742 bits per heavy atom. The van der Waals surface area contributed by atoms with E-state index in [1.807, 2.05) is 0 Å². The van der Waals surface area contributed by atoms with Gasteiger partial charge in [0.05, 0.1) is 11.4 Å². The monoisotopic (exact) mass is 402 g/mol. The van der Waals surface area contributed by atoms with Crippen LogP contribution in [0.2, 0.25) is 0 Å². The maximum atomic E-state index is 5.16. The van der Waals surface area contributed by atoms with Gasteiger partial charge < -0.3 is 4.90 Å². The van der Waals surface area contributed by atoms with Crippen molar-refractivity contribution >= 4 is 17.3 Å². The fourth-order valence-electron chi connectivity index (χ4n) is 4.31. The molecule has 152 valence electrons. The second kappa shape index (κ2) is 8.23. The smallest absolute Gasteiger partial charge is 0.0715 e. The Balaban J connectivity index is 1.64. The highest BCUT2D eigenvalue weighted by atomic mass is 15.1. The summed E-state index contributed by atoms with van der Waals surface area (Å²) >= 11 is 0. The molecule has 0 atom stereocenters. The third-order valence-corrected chi connectivity index (χ3v) is 5.98. The Kier molecular flexibility index (Phi) is 5.13. The van der Waals surface area contributed by atoms with Crippen LogP contribution in [0.3, 0.4) is 0 Å². The average Bonchev–Trinajstić information content (AvgIpc) is 3.22. The average molecular weight is 403 g/mol. The second-order valence-electron chi connectivity index (χ2n) is 8.27. The van der Waals surface area contributed by atoms with E-state index < -0.39 is 0 Å². The van der Waals surface area contributed by atoms with Crippen LogP contribution in [0.1, 0.15) is 23.2 Å². The van der Waals surface area contributed by atoms with Crippen molar-refractivity contribution in [3.05, 3.63) is 108 Å². The van der Waals surface area contributed by atoms with Gasteiger partial charge in [-0.3, -0.25) is 0 Å². The first-order valence-corrected chi connectivity index (χ1v) is 10.8. The van der Waals surface area contributed by atoms with Crippen molar-refractivity contribution in [2.75, 3.05) is 19.0 Å². The van der Waals surface area contributed by atoms with E-state index in [2.05, 4.69) is 116 Å². The van der Waals surface area contributed by atoms with Crippen LogP contribution >= 0.6 is 0 Å². The first-order chi connectivity index (χ1) is 15.2. The van der Waals surface area contributed by atoms with E-state index in [4.69, 9.17) is 4.98 Å². The highest BCUT2D eigenvalue weighted by molar-refractivity contribution is 5.89. The van der Waals surface area contributed by atoms with Gasteiger partial charge in [0, 0.05) is 25.3 Å². The number of nitrogens with zero attached hydrogens (tertiary/aromatic N) is 2. The Morgan fingerprint density at radius 2 is 1.39 bits per heavy atom. The van der Waals surface area contributed by atoms with E-state index in [1.54, 1.807) is 0 Å². The number of aromatic nitrogens is 1. The minimum absolute atomic E-state index is 1.02.